The number of halogens is 2. The standard InChI is InChI=1S/C11H12BrClO2/c1-7-3-4-10(13)8(5-7)6-9(12)11(14)15-2/h3-5,9H,6H2,1-2H3. The Bertz CT molecular complexity index is 366. The van der Waals surface area contributed by atoms with Crippen LogP contribution in [0.25, 0.3) is 0 Å². The summed E-state index contributed by atoms with van der Waals surface area (Å²) in [5.41, 5.74) is 2.07. The molecule has 82 valence electrons. The summed E-state index contributed by atoms with van der Waals surface area (Å²) in [6.45, 7) is 1.99. The fourth-order valence-corrected chi connectivity index (χ4v) is 1.99. The second-order valence-electron chi connectivity index (χ2n) is 3.29. The van der Waals surface area contributed by atoms with Crippen LogP contribution in [0.5, 0.6) is 0 Å². The number of rotatable bonds is 3. The Morgan fingerprint density at radius 3 is 2.87 bits per heavy atom. The van der Waals surface area contributed by atoms with Crippen LogP contribution in [0, 0.1) is 6.92 Å². The Morgan fingerprint density at radius 2 is 2.27 bits per heavy atom. The van der Waals surface area contributed by atoms with Crippen molar-refractivity contribution < 1.29 is 9.53 Å². The van der Waals surface area contributed by atoms with Crippen LogP contribution in [-0.2, 0) is 16.0 Å². The van der Waals surface area contributed by atoms with E-state index >= 15 is 0 Å². The van der Waals surface area contributed by atoms with Crippen LogP contribution in [0.15, 0.2) is 18.2 Å². The first-order valence-corrected chi connectivity index (χ1v) is 5.81. The summed E-state index contributed by atoms with van der Waals surface area (Å²) < 4.78 is 4.63. The second kappa shape index (κ2) is 5.52. The van der Waals surface area contributed by atoms with Crippen molar-refractivity contribution in [2.24, 2.45) is 0 Å². The van der Waals surface area contributed by atoms with Gasteiger partial charge in [-0.1, -0.05) is 45.2 Å². The first-order chi connectivity index (χ1) is 7.04. The molecule has 1 unspecified atom stereocenters. The van der Waals surface area contributed by atoms with Gasteiger partial charge in [0.2, 0.25) is 0 Å². The molecule has 1 aromatic rings. The molecule has 0 bridgehead atoms. The summed E-state index contributed by atoms with van der Waals surface area (Å²) in [4.78, 5) is 10.9. The molecule has 15 heavy (non-hydrogen) atoms. The van der Waals surface area contributed by atoms with Crippen molar-refractivity contribution in [3.8, 4) is 0 Å². The van der Waals surface area contributed by atoms with E-state index in [9.17, 15) is 4.79 Å². The zero-order valence-electron chi connectivity index (χ0n) is 8.59. The third kappa shape index (κ3) is 3.50. The van der Waals surface area contributed by atoms with Crippen molar-refractivity contribution in [2.75, 3.05) is 7.11 Å². The molecule has 1 rings (SSSR count). The maximum Gasteiger partial charge on any atom is 0.319 e. The molecule has 4 heteroatoms. The monoisotopic (exact) mass is 290 g/mol. The molecule has 1 atom stereocenters. The van der Waals surface area contributed by atoms with Crippen molar-refractivity contribution in [1.82, 2.24) is 0 Å². The maximum absolute atomic E-state index is 11.2. The number of hydrogen-bond acceptors (Lipinski definition) is 2. The van der Waals surface area contributed by atoms with E-state index in [1.54, 1.807) is 0 Å². The van der Waals surface area contributed by atoms with Crippen LogP contribution in [0.2, 0.25) is 5.02 Å². The first-order valence-electron chi connectivity index (χ1n) is 4.51. The lowest BCUT2D eigenvalue weighted by atomic mass is 10.1. The topological polar surface area (TPSA) is 26.3 Å². The van der Waals surface area contributed by atoms with Crippen molar-refractivity contribution in [1.29, 1.82) is 0 Å². The first kappa shape index (κ1) is 12.5. The molecular formula is C11H12BrClO2. The van der Waals surface area contributed by atoms with Crippen LogP contribution < -0.4 is 0 Å². The van der Waals surface area contributed by atoms with Crippen LogP contribution in [0.3, 0.4) is 0 Å². The molecule has 0 heterocycles. The fourth-order valence-electron chi connectivity index (χ4n) is 1.26. The normalized spacial score (nSPS) is 12.3. The quantitative estimate of drug-likeness (QED) is 0.632. The molecular weight excluding hydrogens is 279 g/mol. The van der Waals surface area contributed by atoms with Gasteiger partial charge in [-0.05, 0) is 25.0 Å². The van der Waals surface area contributed by atoms with Gasteiger partial charge in [-0.3, -0.25) is 4.79 Å². The molecule has 0 N–H and O–H groups in total. The average Bonchev–Trinajstić information content (AvgIpc) is 2.22. The van der Waals surface area contributed by atoms with Crippen molar-refractivity contribution >= 4 is 33.5 Å². The van der Waals surface area contributed by atoms with E-state index in [0.717, 1.165) is 11.1 Å². The predicted molar refractivity (Wildman–Crippen MR) is 64.6 cm³/mol. The van der Waals surface area contributed by atoms with Crippen molar-refractivity contribution in [3.63, 3.8) is 0 Å². The summed E-state index contributed by atoms with van der Waals surface area (Å²) in [6, 6.07) is 5.75. The highest BCUT2D eigenvalue weighted by Crippen LogP contribution is 2.21. The Kier molecular flexibility index (Phi) is 4.61. The van der Waals surface area contributed by atoms with Gasteiger partial charge in [0.15, 0.2) is 0 Å². The minimum absolute atomic E-state index is 0.285. The van der Waals surface area contributed by atoms with Crippen LogP contribution in [0.4, 0.5) is 0 Å². The molecule has 1 aromatic carbocycles. The zero-order valence-corrected chi connectivity index (χ0v) is 10.9. The van der Waals surface area contributed by atoms with E-state index in [2.05, 4.69) is 20.7 Å². The number of hydrogen-bond donors (Lipinski definition) is 0. The van der Waals surface area contributed by atoms with Gasteiger partial charge in [-0.15, -0.1) is 0 Å². The smallest absolute Gasteiger partial charge is 0.319 e. The SMILES string of the molecule is COC(=O)C(Br)Cc1cc(C)ccc1Cl. The van der Waals surface area contributed by atoms with Crippen molar-refractivity contribution in [2.45, 2.75) is 18.2 Å². The summed E-state index contributed by atoms with van der Waals surface area (Å²) in [6.07, 6.45) is 0.535. The highest BCUT2D eigenvalue weighted by molar-refractivity contribution is 9.10. The van der Waals surface area contributed by atoms with Crippen LogP contribution in [0.1, 0.15) is 11.1 Å². The number of esters is 1. The number of carbonyl (C=O) groups is 1. The van der Waals surface area contributed by atoms with E-state index in [-0.39, 0.29) is 10.8 Å². The van der Waals surface area contributed by atoms with E-state index in [0.29, 0.717) is 11.4 Å². The molecule has 0 spiro atoms. The maximum atomic E-state index is 11.2. The minimum atomic E-state index is -0.346. The van der Waals surface area contributed by atoms with Gasteiger partial charge < -0.3 is 4.74 Å². The molecule has 0 radical (unpaired) electrons. The largest absolute Gasteiger partial charge is 0.468 e. The lowest BCUT2D eigenvalue weighted by Crippen LogP contribution is -2.18. The molecule has 0 aliphatic heterocycles. The molecule has 0 aliphatic rings. The van der Waals surface area contributed by atoms with E-state index in [4.69, 9.17) is 11.6 Å². The Hall–Kier alpha value is -0.540. The van der Waals surface area contributed by atoms with Gasteiger partial charge in [0.05, 0.1) is 7.11 Å². The van der Waals surface area contributed by atoms with Gasteiger partial charge in [0.1, 0.15) is 4.83 Å². The fraction of sp³-hybridized carbons (Fsp3) is 0.364. The van der Waals surface area contributed by atoms with E-state index in [1.807, 2.05) is 25.1 Å². The third-order valence-electron chi connectivity index (χ3n) is 2.06. The highest BCUT2D eigenvalue weighted by atomic mass is 79.9. The molecule has 0 saturated heterocycles. The van der Waals surface area contributed by atoms with Gasteiger partial charge in [-0.25, -0.2) is 0 Å². The average molecular weight is 292 g/mol. The molecule has 0 fully saturated rings. The lowest BCUT2D eigenvalue weighted by Gasteiger charge is -2.09. The van der Waals surface area contributed by atoms with Gasteiger partial charge in [-0.2, -0.15) is 0 Å². The van der Waals surface area contributed by atoms with Crippen LogP contribution >= 0.6 is 27.5 Å². The number of alkyl halides is 1. The number of ether oxygens (including phenoxy) is 1. The summed E-state index contributed by atoms with van der Waals surface area (Å²) in [5.74, 6) is -0.285. The Labute approximate surface area is 103 Å². The second-order valence-corrected chi connectivity index (χ2v) is 4.80. The number of aryl methyl sites for hydroxylation is 1. The third-order valence-corrected chi connectivity index (χ3v) is 3.12. The zero-order chi connectivity index (χ0) is 11.4. The van der Waals surface area contributed by atoms with Gasteiger partial charge in [0.25, 0.3) is 0 Å². The lowest BCUT2D eigenvalue weighted by molar-refractivity contribution is -0.139. The Morgan fingerprint density at radius 1 is 1.60 bits per heavy atom. The summed E-state index contributed by atoms with van der Waals surface area (Å²) >= 11 is 9.28. The number of carbonyl (C=O) groups excluding carboxylic acids is 1. The van der Waals surface area contributed by atoms with Gasteiger partial charge in [0, 0.05) is 5.02 Å². The van der Waals surface area contributed by atoms with Crippen LogP contribution in [-0.4, -0.2) is 17.9 Å². The van der Waals surface area contributed by atoms with E-state index in [1.165, 1.54) is 7.11 Å². The summed E-state index contributed by atoms with van der Waals surface area (Å²) in [7, 11) is 1.37. The number of methoxy groups -OCH3 is 1. The number of benzene rings is 1. The van der Waals surface area contributed by atoms with Crippen molar-refractivity contribution in [3.05, 3.63) is 34.3 Å². The van der Waals surface area contributed by atoms with E-state index < -0.39 is 0 Å². The van der Waals surface area contributed by atoms with Gasteiger partial charge >= 0.3 is 5.97 Å². The molecule has 0 aliphatic carbocycles. The molecule has 0 aromatic heterocycles. The Balaban J connectivity index is 2.80. The molecule has 2 nitrogen and oxygen atoms in total. The molecule has 0 amide bonds. The predicted octanol–water partition coefficient (Wildman–Crippen LogP) is 3.13. The minimum Gasteiger partial charge on any atom is -0.468 e. The molecule has 0 saturated carbocycles. The highest BCUT2D eigenvalue weighted by Gasteiger charge is 2.17. The summed E-state index contributed by atoms with van der Waals surface area (Å²) in [5, 5.41) is 0.675.